The van der Waals surface area contributed by atoms with E-state index >= 15 is 0 Å². The summed E-state index contributed by atoms with van der Waals surface area (Å²) < 4.78 is 59.7. The van der Waals surface area contributed by atoms with E-state index in [0.29, 0.717) is 32.1 Å². The van der Waals surface area contributed by atoms with Crippen molar-refractivity contribution >= 4 is 10.0 Å². The molecule has 0 amide bonds. The van der Waals surface area contributed by atoms with Crippen molar-refractivity contribution in [3.63, 3.8) is 0 Å². The molecular formula is C21H34F2N2O4S. The lowest BCUT2D eigenvalue weighted by atomic mass is 9.93. The van der Waals surface area contributed by atoms with Gasteiger partial charge in [0.25, 0.3) is 0 Å². The Labute approximate surface area is 178 Å². The summed E-state index contributed by atoms with van der Waals surface area (Å²) in [6.07, 6.45) is 4.85. The smallest absolute Gasteiger partial charge is 0.245 e. The Balaban J connectivity index is 1.75. The van der Waals surface area contributed by atoms with Crippen molar-refractivity contribution in [2.45, 2.75) is 62.5 Å². The number of aliphatic hydroxyl groups excluding tert-OH is 1. The highest BCUT2D eigenvalue weighted by molar-refractivity contribution is 7.89. The molecule has 1 aromatic rings. The number of halogens is 2. The second-order valence-corrected chi connectivity index (χ2v) is 9.73. The number of rotatable bonds is 12. The summed E-state index contributed by atoms with van der Waals surface area (Å²) in [6.45, 7) is 5.47. The molecule has 0 saturated heterocycles. The van der Waals surface area contributed by atoms with Crippen LogP contribution < -0.4 is 0 Å². The monoisotopic (exact) mass is 448 g/mol. The van der Waals surface area contributed by atoms with Gasteiger partial charge in [-0.1, -0.05) is 6.92 Å². The van der Waals surface area contributed by atoms with Gasteiger partial charge < -0.3 is 14.7 Å². The highest BCUT2D eigenvalue weighted by atomic mass is 32.2. The van der Waals surface area contributed by atoms with Crippen molar-refractivity contribution in [2.75, 3.05) is 39.9 Å². The Bertz CT molecular complexity index is 755. The van der Waals surface area contributed by atoms with Gasteiger partial charge in [0.05, 0.1) is 12.7 Å². The van der Waals surface area contributed by atoms with Gasteiger partial charge in [-0.15, -0.1) is 0 Å². The van der Waals surface area contributed by atoms with E-state index in [-0.39, 0.29) is 18.8 Å². The number of aliphatic hydroxyl groups is 1. The van der Waals surface area contributed by atoms with Crippen LogP contribution in [0.3, 0.4) is 0 Å². The third kappa shape index (κ3) is 6.95. The van der Waals surface area contributed by atoms with Crippen molar-refractivity contribution in [2.24, 2.45) is 0 Å². The van der Waals surface area contributed by atoms with Gasteiger partial charge in [-0.3, -0.25) is 0 Å². The summed E-state index contributed by atoms with van der Waals surface area (Å²) in [4.78, 5) is 1.71. The normalized spacial score (nSPS) is 20.2. The van der Waals surface area contributed by atoms with Crippen LogP contribution in [-0.4, -0.2) is 74.8 Å². The van der Waals surface area contributed by atoms with Gasteiger partial charge in [0, 0.05) is 32.3 Å². The molecule has 0 unspecified atom stereocenters. The first-order valence-electron chi connectivity index (χ1n) is 10.7. The van der Waals surface area contributed by atoms with Crippen LogP contribution in [0.5, 0.6) is 0 Å². The van der Waals surface area contributed by atoms with E-state index in [0.717, 1.165) is 50.9 Å². The molecular weight excluding hydrogens is 414 g/mol. The van der Waals surface area contributed by atoms with Gasteiger partial charge in [0.2, 0.25) is 10.0 Å². The first-order valence-corrected chi connectivity index (χ1v) is 12.1. The van der Waals surface area contributed by atoms with E-state index in [9.17, 15) is 17.2 Å². The van der Waals surface area contributed by atoms with Crippen molar-refractivity contribution in [1.82, 2.24) is 9.21 Å². The lowest BCUT2D eigenvalue weighted by Gasteiger charge is -2.34. The van der Waals surface area contributed by atoms with E-state index < -0.39 is 26.6 Å². The fourth-order valence-electron chi connectivity index (χ4n) is 3.87. The molecule has 1 N–H and O–H groups in total. The molecule has 0 bridgehead atoms. The second-order valence-electron chi connectivity index (χ2n) is 7.76. The standard InChI is InChI=1S/C21H34F2N2O4S/c1-3-25(13-14-26)12-4-5-15-29-19-9-7-18(8-10-19)24(2)30(27,28)21-11-6-17(22)16-20(21)23/h6,11,16,18-19,26H,3-5,7-10,12-15H2,1-2H3. The lowest BCUT2D eigenvalue weighted by molar-refractivity contribution is 0.0150. The maximum absolute atomic E-state index is 14.0. The van der Waals surface area contributed by atoms with E-state index in [1.165, 1.54) is 11.4 Å². The fraction of sp³-hybridized carbons (Fsp3) is 0.714. The molecule has 6 nitrogen and oxygen atoms in total. The maximum Gasteiger partial charge on any atom is 0.245 e. The Hall–Kier alpha value is -1.13. The average Bonchev–Trinajstić information content (AvgIpc) is 2.72. The minimum absolute atomic E-state index is 0.111. The summed E-state index contributed by atoms with van der Waals surface area (Å²) in [5.41, 5.74) is 0. The van der Waals surface area contributed by atoms with Crippen LogP contribution >= 0.6 is 0 Å². The lowest BCUT2D eigenvalue weighted by Crippen LogP contribution is -2.41. The van der Waals surface area contributed by atoms with Crippen LogP contribution in [-0.2, 0) is 14.8 Å². The van der Waals surface area contributed by atoms with Gasteiger partial charge in [-0.25, -0.2) is 17.2 Å². The minimum Gasteiger partial charge on any atom is -0.395 e. The predicted molar refractivity (Wildman–Crippen MR) is 112 cm³/mol. The Kier molecular flexibility index (Phi) is 10.1. The summed E-state index contributed by atoms with van der Waals surface area (Å²) in [5, 5.41) is 9.00. The molecule has 1 aliphatic carbocycles. The van der Waals surface area contributed by atoms with Gasteiger partial charge in [-0.05, 0) is 63.7 Å². The summed E-state index contributed by atoms with van der Waals surface area (Å²) in [6, 6.07) is 2.30. The predicted octanol–water partition coefficient (Wildman–Crippen LogP) is 3.01. The zero-order valence-electron chi connectivity index (χ0n) is 17.9. The topological polar surface area (TPSA) is 70.1 Å². The highest BCUT2D eigenvalue weighted by Crippen LogP contribution is 2.29. The molecule has 1 saturated carbocycles. The van der Waals surface area contributed by atoms with E-state index in [1.54, 1.807) is 0 Å². The fourth-order valence-corrected chi connectivity index (χ4v) is 5.33. The number of likely N-dealkylation sites (N-methyl/N-ethyl adjacent to an activating group) is 1. The number of ether oxygens (including phenoxy) is 1. The van der Waals surface area contributed by atoms with Gasteiger partial charge in [0.15, 0.2) is 0 Å². The molecule has 0 aliphatic heterocycles. The van der Waals surface area contributed by atoms with Crippen LogP contribution in [0.25, 0.3) is 0 Å². The van der Waals surface area contributed by atoms with Crippen LogP contribution in [0, 0.1) is 11.6 Å². The Morgan fingerprint density at radius 1 is 1.13 bits per heavy atom. The number of nitrogens with zero attached hydrogens (tertiary/aromatic N) is 2. The van der Waals surface area contributed by atoms with Gasteiger partial charge in [0.1, 0.15) is 16.5 Å². The molecule has 1 aliphatic rings. The van der Waals surface area contributed by atoms with Crippen molar-refractivity contribution in [3.8, 4) is 0 Å². The molecule has 1 fully saturated rings. The number of benzene rings is 1. The highest BCUT2D eigenvalue weighted by Gasteiger charge is 2.33. The third-order valence-electron chi connectivity index (χ3n) is 5.79. The molecule has 9 heteroatoms. The zero-order valence-corrected chi connectivity index (χ0v) is 18.7. The molecule has 2 rings (SSSR count). The van der Waals surface area contributed by atoms with Crippen LogP contribution in [0.2, 0.25) is 0 Å². The molecule has 30 heavy (non-hydrogen) atoms. The number of hydrogen-bond donors (Lipinski definition) is 1. The van der Waals surface area contributed by atoms with Crippen molar-refractivity contribution < 1.29 is 27.0 Å². The molecule has 172 valence electrons. The second kappa shape index (κ2) is 12.0. The molecule has 1 aromatic carbocycles. The maximum atomic E-state index is 14.0. The largest absolute Gasteiger partial charge is 0.395 e. The molecule has 0 atom stereocenters. The van der Waals surface area contributed by atoms with Crippen LogP contribution in [0.15, 0.2) is 23.1 Å². The van der Waals surface area contributed by atoms with Crippen molar-refractivity contribution in [1.29, 1.82) is 0 Å². The quantitative estimate of drug-likeness (QED) is 0.498. The number of hydrogen-bond acceptors (Lipinski definition) is 5. The summed E-state index contributed by atoms with van der Waals surface area (Å²) in [5.74, 6) is -1.87. The molecule has 0 aromatic heterocycles. The molecule has 0 radical (unpaired) electrons. The van der Waals surface area contributed by atoms with E-state index in [2.05, 4.69) is 11.8 Å². The summed E-state index contributed by atoms with van der Waals surface area (Å²) >= 11 is 0. The number of sulfonamides is 1. The van der Waals surface area contributed by atoms with Crippen LogP contribution in [0.1, 0.15) is 45.4 Å². The molecule has 0 heterocycles. The van der Waals surface area contributed by atoms with Crippen molar-refractivity contribution in [3.05, 3.63) is 29.8 Å². The van der Waals surface area contributed by atoms with Crippen LogP contribution in [0.4, 0.5) is 8.78 Å². The average molecular weight is 449 g/mol. The zero-order chi connectivity index (χ0) is 22.1. The number of unbranched alkanes of at least 4 members (excludes halogenated alkanes) is 1. The Morgan fingerprint density at radius 3 is 2.43 bits per heavy atom. The first-order chi connectivity index (χ1) is 14.3. The van der Waals surface area contributed by atoms with E-state index in [4.69, 9.17) is 9.84 Å². The van der Waals surface area contributed by atoms with E-state index in [1.807, 2.05) is 0 Å². The molecule has 0 spiro atoms. The summed E-state index contributed by atoms with van der Waals surface area (Å²) in [7, 11) is -2.56. The Morgan fingerprint density at radius 2 is 1.83 bits per heavy atom. The first kappa shape index (κ1) is 25.1. The minimum atomic E-state index is -4.01. The SMILES string of the molecule is CCN(CCO)CCCCOC1CCC(N(C)S(=O)(=O)c2ccc(F)cc2F)CC1. The van der Waals surface area contributed by atoms with Gasteiger partial charge in [-0.2, -0.15) is 4.31 Å². The third-order valence-corrected chi connectivity index (χ3v) is 7.74. The van der Waals surface area contributed by atoms with Gasteiger partial charge >= 0.3 is 0 Å².